The molecule has 0 aromatic rings. The number of hydrogen-bond acceptors (Lipinski definition) is 4. The van der Waals surface area contributed by atoms with Crippen LogP contribution in [0.15, 0.2) is 0 Å². The minimum absolute atomic E-state index is 0.118. The Bertz CT molecular complexity index is 67.3. The van der Waals surface area contributed by atoms with E-state index in [-0.39, 0.29) is 13.0 Å². The van der Waals surface area contributed by atoms with E-state index in [1.54, 1.807) is 0 Å². The van der Waals surface area contributed by atoms with Gasteiger partial charge in [0.2, 0.25) is 0 Å². The predicted molar refractivity (Wildman–Crippen MR) is 18.8 cm³/mol. The molecule has 0 aromatic carbocycles. The Morgan fingerprint density at radius 1 is 1.43 bits per heavy atom. The fourth-order valence-corrected chi connectivity index (χ4v) is 0.273. The van der Waals surface area contributed by atoms with Crippen molar-refractivity contribution >= 4 is 0 Å². The Balaban J connectivity index is 2.13. The van der Waals surface area contributed by atoms with Gasteiger partial charge in [-0.25, -0.2) is 0 Å². The number of aliphatic hydroxyl groups is 2. The summed E-state index contributed by atoms with van der Waals surface area (Å²) in [6.07, 6.45) is 0.118. The summed E-state index contributed by atoms with van der Waals surface area (Å²) < 4.78 is 0. The summed E-state index contributed by atoms with van der Waals surface area (Å²) in [4.78, 5) is 8.06. The maximum absolute atomic E-state index is 8.52. The second-order valence-electron chi connectivity index (χ2n) is 1.35. The van der Waals surface area contributed by atoms with Crippen molar-refractivity contribution in [3.05, 3.63) is 0 Å². The van der Waals surface area contributed by atoms with E-state index in [9.17, 15) is 0 Å². The third-order valence-electron chi connectivity index (χ3n) is 0.703. The zero-order valence-corrected chi connectivity index (χ0v) is 3.63. The summed E-state index contributed by atoms with van der Waals surface area (Å²) in [5, 5.41) is 16.6. The first-order valence-electron chi connectivity index (χ1n) is 1.97. The molecule has 1 aliphatic heterocycles. The Morgan fingerprint density at radius 3 is 2.14 bits per heavy atom. The Hall–Kier alpha value is -0.160. The standard InChI is InChI=1S/C3H6O4/c4-2-1-3(5)6-7-3/h4-5H,1-2H2. The summed E-state index contributed by atoms with van der Waals surface area (Å²) in [6.45, 7) is -0.128. The molecule has 0 unspecified atom stereocenters. The maximum atomic E-state index is 8.52. The van der Waals surface area contributed by atoms with Crippen LogP contribution in [0.25, 0.3) is 0 Å². The van der Waals surface area contributed by atoms with Crippen molar-refractivity contribution < 1.29 is 20.0 Å². The van der Waals surface area contributed by atoms with Gasteiger partial charge in [-0.3, -0.25) is 0 Å². The average molecular weight is 106 g/mol. The van der Waals surface area contributed by atoms with Crippen LogP contribution in [-0.4, -0.2) is 22.8 Å². The lowest BCUT2D eigenvalue weighted by molar-refractivity contribution is 0.00667. The Morgan fingerprint density at radius 2 is 2.00 bits per heavy atom. The van der Waals surface area contributed by atoms with Gasteiger partial charge in [0.1, 0.15) is 0 Å². The van der Waals surface area contributed by atoms with Crippen LogP contribution < -0.4 is 0 Å². The van der Waals surface area contributed by atoms with Crippen LogP contribution in [0.3, 0.4) is 0 Å². The van der Waals surface area contributed by atoms with Crippen LogP contribution in [0.1, 0.15) is 6.42 Å². The third kappa shape index (κ3) is 1.10. The highest BCUT2D eigenvalue weighted by Gasteiger charge is 2.46. The molecule has 0 bridgehead atoms. The highest BCUT2D eigenvalue weighted by atomic mass is 17.4. The molecule has 1 heterocycles. The van der Waals surface area contributed by atoms with Crippen molar-refractivity contribution in [2.75, 3.05) is 6.61 Å². The van der Waals surface area contributed by atoms with Crippen molar-refractivity contribution in [2.24, 2.45) is 0 Å². The quantitative estimate of drug-likeness (QED) is 0.349. The van der Waals surface area contributed by atoms with Gasteiger partial charge in [-0.15, -0.1) is 0 Å². The van der Waals surface area contributed by atoms with Crippen molar-refractivity contribution in [1.82, 2.24) is 0 Å². The average Bonchev–Trinajstić information content (AvgIpc) is 2.22. The second-order valence-corrected chi connectivity index (χ2v) is 1.35. The molecule has 0 atom stereocenters. The van der Waals surface area contributed by atoms with E-state index in [2.05, 4.69) is 9.78 Å². The molecule has 7 heavy (non-hydrogen) atoms. The molecule has 1 rings (SSSR count). The van der Waals surface area contributed by atoms with Crippen molar-refractivity contribution in [2.45, 2.75) is 12.4 Å². The topological polar surface area (TPSA) is 65.5 Å². The van der Waals surface area contributed by atoms with Crippen molar-refractivity contribution in [1.29, 1.82) is 0 Å². The number of aliphatic hydroxyl groups excluding tert-OH is 1. The molecule has 42 valence electrons. The van der Waals surface area contributed by atoms with Gasteiger partial charge < -0.3 is 10.2 Å². The van der Waals surface area contributed by atoms with Gasteiger partial charge in [0.25, 0.3) is 0 Å². The molecule has 4 heteroatoms. The zero-order chi connectivity index (χ0) is 5.33. The molecule has 4 nitrogen and oxygen atoms in total. The molecular weight excluding hydrogens is 100 g/mol. The summed E-state index contributed by atoms with van der Waals surface area (Å²) in [6, 6.07) is 0. The van der Waals surface area contributed by atoms with Crippen LogP contribution in [0, 0.1) is 0 Å². The van der Waals surface area contributed by atoms with Crippen LogP contribution >= 0.6 is 0 Å². The van der Waals surface area contributed by atoms with Gasteiger partial charge in [0, 0.05) is 0 Å². The fourth-order valence-electron chi connectivity index (χ4n) is 0.273. The van der Waals surface area contributed by atoms with E-state index in [0.29, 0.717) is 0 Å². The molecule has 2 N–H and O–H groups in total. The minimum Gasteiger partial charge on any atom is -0.396 e. The normalized spacial score (nSPS) is 24.9. The highest BCUT2D eigenvalue weighted by molar-refractivity contribution is 4.54. The first-order valence-corrected chi connectivity index (χ1v) is 1.97. The zero-order valence-electron chi connectivity index (χ0n) is 3.63. The van der Waals surface area contributed by atoms with E-state index in [0.717, 1.165) is 0 Å². The molecule has 0 radical (unpaired) electrons. The lowest BCUT2D eigenvalue weighted by atomic mass is 10.4. The van der Waals surface area contributed by atoms with Gasteiger partial charge in [0.05, 0.1) is 13.0 Å². The predicted octanol–water partition coefficient (Wildman–Crippen LogP) is -1.02. The van der Waals surface area contributed by atoms with Crippen LogP contribution in [0.2, 0.25) is 0 Å². The van der Waals surface area contributed by atoms with E-state index < -0.39 is 5.97 Å². The lowest BCUT2D eigenvalue weighted by Crippen LogP contribution is -2.09. The number of rotatable bonds is 2. The molecule has 0 amide bonds. The molecule has 1 aliphatic rings. The smallest absolute Gasteiger partial charge is 0.339 e. The van der Waals surface area contributed by atoms with E-state index >= 15 is 0 Å². The first kappa shape index (κ1) is 4.99. The van der Waals surface area contributed by atoms with Crippen molar-refractivity contribution in [3.8, 4) is 0 Å². The molecule has 0 aromatic heterocycles. The van der Waals surface area contributed by atoms with Crippen LogP contribution in [0.5, 0.6) is 0 Å². The molecule has 0 spiro atoms. The molecular formula is C3H6O4. The third-order valence-corrected chi connectivity index (χ3v) is 0.703. The molecule has 0 saturated carbocycles. The van der Waals surface area contributed by atoms with E-state index in [1.807, 2.05) is 0 Å². The summed E-state index contributed by atoms with van der Waals surface area (Å²) in [7, 11) is 0. The van der Waals surface area contributed by atoms with E-state index in [4.69, 9.17) is 10.2 Å². The Kier molecular flexibility index (Phi) is 1.01. The SMILES string of the molecule is OCCC1(O)OO1. The van der Waals surface area contributed by atoms with Crippen LogP contribution in [-0.2, 0) is 9.78 Å². The van der Waals surface area contributed by atoms with Crippen molar-refractivity contribution in [3.63, 3.8) is 0 Å². The second kappa shape index (κ2) is 1.41. The summed E-state index contributed by atoms with van der Waals surface area (Å²) in [5.41, 5.74) is 0. The molecule has 1 saturated heterocycles. The fraction of sp³-hybridized carbons (Fsp3) is 1.00. The summed E-state index contributed by atoms with van der Waals surface area (Å²) in [5.74, 6) is -1.45. The Labute approximate surface area is 40.2 Å². The van der Waals surface area contributed by atoms with Gasteiger partial charge in [-0.2, -0.15) is 9.78 Å². The van der Waals surface area contributed by atoms with Crippen LogP contribution in [0.4, 0.5) is 0 Å². The molecule has 0 aliphatic carbocycles. The maximum Gasteiger partial charge on any atom is 0.339 e. The molecule has 1 fully saturated rings. The van der Waals surface area contributed by atoms with Gasteiger partial charge >= 0.3 is 5.97 Å². The lowest BCUT2D eigenvalue weighted by Gasteiger charge is -1.89. The largest absolute Gasteiger partial charge is 0.396 e. The number of hydrogen-bond donors (Lipinski definition) is 2. The van der Waals surface area contributed by atoms with E-state index in [1.165, 1.54) is 0 Å². The highest BCUT2D eigenvalue weighted by Crippen LogP contribution is 2.28. The van der Waals surface area contributed by atoms with Gasteiger partial charge in [-0.1, -0.05) is 0 Å². The van der Waals surface area contributed by atoms with Gasteiger partial charge in [-0.05, 0) is 0 Å². The first-order chi connectivity index (χ1) is 3.27. The van der Waals surface area contributed by atoms with Gasteiger partial charge in [0.15, 0.2) is 0 Å². The summed E-state index contributed by atoms with van der Waals surface area (Å²) >= 11 is 0. The minimum atomic E-state index is -1.45. The monoisotopic (exact) mass is 106 g/mol.